The lowest BCUT2D eigenvalue weighted by atomic mass is 10.0. The van der Waals surface area contributed by atoms with Crippen molar-refractivity contribution in [3.8, 4) is 0 Å². The van der Waals surface area contributed by atoms with Crippen molar-refractivity contribution in [3.63, 3.8) is 0 Å². The number of nitrogens with zero attached hydrogens (tertiary/aromatic N) is 3. The van der Waals surface area contributed by atoms with Crippen molar-refractivity contribution in [2.24, 2.45) is 0 Å². The predicted molar refractivity (Wildman–Crippen MR) is 51.5 cm³/mol. The smallest absolute Gasteiger partial charge is 0.157 e. The standard InChI is InChI=1S/C10H14N3/c1-9-4-2-3-7-13(9)10-8-11-5-6-12-10/h5-6,9H,2-4,7H2,1H3. The first kappa shape index (κ1) is 8.48. The Morgan fingerprint density at radius 3 is 3.08 bits per heavy atom. The maximum absolute atomic E-state index is 4.26. The summed E-state index contributed by atoms with van der Waals surface area (Å²) in [4.78, 5) is 10.5. The third kappa shape index (κ3) is 1.79. The fourth-order valence-corrected chi connectivity index (χ4v) is 1.81. The molecule has 13 heavy (non-hydrogen) atoms. The monoisotopic (exact) mass is 176 g/mol. The van der Waals surface area contributed by atoms with Crippen LogP contribution in [0.3, 0.4) is 0 Å². The summed E-state index contributed by atoms with van der Waals surface area (Å²) in [6.45, 7) is 3.33. The molecule has 3 nitrogen and oxygen atoms in total. The van der Waals surface area contributed by atoms with Gasteiger partial charge in [0, 0.05) is 25.0 Å². The van der Waals surface area contributed by atoms with Crippen LogP contribution in [-0.2, 0) is 0 Å². The molecule has 1 aliphatic rings. The van der Waals surface area contributed by atoms with Crippen LogP contribution in [0.1, 0.15) is 26.2 Å². The molecule has 1 fully saturated rings. The van der Waals surface area contributed by atoms with E-state index in [1.54, 1.807) is 12.4 Å². The Kier molecular flexibility index (Phi) is 2.43. The molecule has 1 radical (unpaired) electrons. The molecular formula is C10H14N3. The fourth-order valence-electron chi connectivity index (χ4n) is 1.81. The van der Waals surface area contributed by atoms with Gasteiger partial charge in [-0.2, -0.15) is 0 Å². The van der Waals surface area contributed by atoms with Gasteiger partial charge in [-0.05, 0) is 26.2 Å². The zero-order valence-electron chi connectivity index (χ0n) is 7.90. The summed E-state index contributed by atoms with van der Waals surface area (Å²) in [6, 6.07) is 0.585. The molecule has 0 saturated carbocycles. The molecule has 1 aromatic heterocycles. The first-order valence-electron chi connectivity index (χ1n) is 4.83. The van der Waals surface area contributed by atoms with Crippen molar-refractivity contribution in [2.45, 2.75) is 32.2 Å². The van der Waals surface area contributed by atoms with Crippen molar-refractivity contribution in [3.05, 3.63) is 18.6 Å². The molecule has 0 aromatic carbocycles. The summed E-state index contributed by atoms with van der Waals surface area (Å²) in [5, 5.41) is 0. The van der Waals surface area contributed by atoms with Crippen molar-refractivity contribution in [1.82, 2.24) is 9.97 Å². The Balaban J connectivity index is 2.15. The Morgan fingerprint density at radius 1 is 1.46 bits per heavy atom. The van der Waals surface area contributed by atoms with Crippen LogP contribution in [0.25, 0.3) is 0 Å². The van der Waals surface area contributed by atoms with Gasteiger partial charge >= 0.3 is 0 Å². The minimum atomic E-state index is 0.585. The van der Waals surface area contributed by atoms with Crippen molar-refractivity contribution in [1.29, 1.82) is 0 Å². The maximum Gasteiger partial charge on any atom is 0.157 e. The Hall–Kier alpha value is -1.12. The van der Waals surface area contributed by atoms with Gasteiger partial charge in [0.05, 0.1) is 0 Å². The second-order valence-corrected chi connectivity index (χ2v) is 3.53. The highest BCUT2D eigenvalue weighted by molar-refractivity contribution is 5.35. The first-order chi connectivity index (χ1) is 6.38. The lowest BCUT2D eigenvalue weighted by Crippen LogP contribution is -2.38. The average molecular weight is 176 g/mol. The first-order valence-corrected chi connectivity index (χ1v) is 4.83. The van der Waals surface area contributed by atoms with Gasteiger partial charge in [0.25, 0.3) is 0 Å². The molecule has 2 rings (SSSR count). The van der Waals surface area contributed by atoms with Crippen LogP contribution in [0, 0.1) is 6.20 Å². The molecule has 0 spiro atoms. The molecule has 69 valence electrons. The van der Waals surface area contributed by atoms with Gasteiger partial charge in [0.2, 0.25) is 0 Å². The number of rotatable bonds is 1. The van der Waals surface area contributed by atoms with E-state index in [4.69, 9.17) is 0 Å². The van der Waals surface area contributed by atoms with E-state index in [9.17, 15) is 0 Å². The summed E-state index contributed by atoms with van der Waals surface area (Å²) >= 11 is 0. The van der Waals surface area contributed by atoms with Crippen molar-refractivity contribution < 1.29 is 0 Å². The topological polar surface area (TPSA) is 29.0 Å². The van der Waals surface area contributed by atoms with Crippen LogP contribution in [0.2, 0.25) is 0 Å². The highest BCUT2D eigenvalue weighted by atomic mass is 15.2. The second kappa shape index (κ2) is 3.73. The SMILES string of the molecule is CC1CCCCN1c1[c]nccn1. The van der Waals surface area contributed by atoms with Gasteiger partial charge in [-0.15, -0.1) is 0 Å². The quantitative estimate of drug-likeness (QED) is 0.651. The molecule has 3 heteroatoms. The molecule has 0 bridgehead atoms. The van der Waals surface area contributed by atoms with Crippen LogP contribution in [-0.4, -0.2) is 22.6 Å². The van der Waals surface area contributed by atoms with Crippen LogP contribution in [0.15, 0.2) is 12.4 Å². The largest absolute Gasteiger partial charge is 0.352 e. The molecule has 2 heterocycles. The van der Waals surface area contributed by atoms with E-state index in [0.29, 0.717) is 6.04 Å². The summed E-state index contributed by atoms with van der Waals surface area (Å²) < 4.78 is 0. The number of hydrogen-bond acceptors (Lipinski definition) is 3. The number of aromatic nitrogens is 2. The maximum atomic E-state index is 4.26. The highest BCUT2D eigenvalue weighted by Gasteiger charge is 2.19. The van der Waals surface area contributed by atoms with Gasteiger partial charge < -0.3 is 4.90 Å². The summed E-state index contributed by atoms with van der Waals surface area (Å²) in [7, 11) is 0. The molecule has 1 unspecified atom stereocenters. The number of hydrogen-bond donors (Lipinski definition) is 0. The van der Waals surface area contributed by atoms with Crippen LogP contribution >= 0.6 is 0 Å². The summed E-state index contributed by atoms with van der Waals surface area (Å²) in [5.74, 6) is 0.898. The lowest BCUT2D eigenvalue weighted by molar-refractivity contribution is 0.480. The molecule has 1 atom stereocenters. The predicted octanol–water partition coefficient (Wildman–Crippen LogP) is 1.66. The molecule has 0 N–H and O–H groups in total. The molecule has 1 aromatic rings. The molecule has 0 amide bonds. The van der Waals surface area contributed by atoms with Gasteiger partial charge in [0.1, 0.15) is 6.20 Å². The minimum absolute atomic E-state index is 0.585. The van der Waals surface area contributed by atoms with E-state index >= 15 is 0 Å². The molecule has 1 saturated heterocycles. The second-order valence-electron chi connectivity index (χ2n) is 3.53. The normalized spacial score (nSPS) is 23.2. The van der Waals surface area contributed by atoms with E-state index < -0.39 is 0 Å². The Morgan fingerprint density at radius 2 is 2.38 bits per heavy atom. The average Bonchev–Trinajstić information content (AvgIpc) is 2.20. The van der Waals surface area contributed by atoms with Gasteiger partial charge in [-0.25, -0.2) is 9.97 Å². The zero-order chi connectivity index (χ0) is 9.10. The zero-order valence-corrected chi connectivity index (χ0v) is 7.90. The minimum Gasteiger partial charge on any atom is -0.352 e. The third-order valence-electron chi connectivity index (χ3n) is 2.58. The summed E-state index contributed by atoms with van der Waals surface area (Å²) in [5.41, 5.74) is 0. The van der Waals surface area contributed by atoms with Gasteiger partial charge in [-0.3, -0.25) is 0 Å². The van der Waals surface area contributed by atoms with Crippen molar-refractivity contribution >= 4 is 5.82 Å². The highest BCUT2D eigenvalue weighted by Crippen LogP contribution is 2.20. The van der Waals surface area contributed by atoms with Crippen LogP contribution in [0.5, 0.6) is 0 Å². The van der Waals surface area contributed by atoms with Gasteiger partial charge in [0.15, 0.2) is 5.82 Å². The number of piperidine rings is 1. The summed E-state index contributed by atoms with van der Waals surface area (Å²) in [6.07, 6.45) is 10.2. The van der Waals surface area contributed by atoms with Crippen molar-refractivity contribution in [2.75, 3.05) is 11.4 Å². The third-order valence-corrected chi connectivity index (χ3v) is 2.58. The Labute approximate surface area is 78.8 Å². The van der Waals surface area contributed by atoms with Gasteiger partial charge in [-0.1, -0.05) is 0 Å². The fraction of sp³-hybridized carbons (Fsp3) is 0.600. The lowest BCUT2D eigenvalue weighted by Gasteiger charge is -2.33. The van der Waals surface area contributed by atoms with E-state index in [1.165, 1.54) is 19.3 Å². The Bertz CT molecular complexity index is 260. The number of anilines is 1. The van der Waals surface area contributed by atoms with E-state index in [0.717, 1.165) is 12.4 Å². The molecular weight excluding hydrogens is 162 g/mol. The van der Waals surface area contributed by atoms with Crippen LogP contribution in [0.4, 0.5) is 5.82 Å². The van der Waals surface area contributed by atoms with E-state index in [-0.39, 0.29) is 0 Å². The van der Waals surface area contributed by atoms with Crippen LogP contribution < -0.4 is 4.90 Å². The van der Waals surface area contributed by atoms with E-state index in [1.807, 2.05) is 0 Å². The molecule has 0 aliphatic carbocycles. The molecule has 1 aliphatic heterocycles. The van der Waals surface area contributed by atoms with E-state index in [2.05, 4.69) is 28.0 Å².